The lowest BCUT2D eigenvalue weighted by Crippen LogP contribution is -2.58. The summed E-state index contributed by atoms with van der Waals surface area (Å²) in [7, 11) is 0. The van der Waals surface area contributed by atoms with Crippen LogP contribution in [0.1, 0.15) is 23.2 Å². The largest absolute Gasteiger partial charge is 0.508 e. The van der Waals surface area contributed by atoms with Gasteiger partial charge in [0.15, 0.2) is 0 Å². The summed E-state index contributed by atoms with van der Waals surface area (Å²) in [6.45, 7) is 0. The number of rotatable bonds is 16. The smallest absolute Gasteiger partial charge is 0.326 e. The van der Waals surface area contributed by atoms with Crippen molar-refractivity contribution in [3.63, 3.8) is 0 Å². The molecule has 4 unspecified atom stereocenters. The molecule has 0 saturated heterocycles. The van der Waals surface area contributed by atoms with Crippen LogP contribution in [0.2, 0.25) is 0 Å². The van der Waals surface area contributed by atoms with Crippen molar-refractivity contribution in [3.05, 3.63) is 83.9 Å². The van der Waals surface area contributed by atoms with E-state index < -0.39 is 47.9 Å². The number of aliphatic carboxylic acids is 1. The van der Waals surface area contributed by atoms with Gasteiger partial charge in [-0.05, 0) is 41.7 Å². The minimum absolute atomic E-state index is 0.0299. The number of nitrogens with two attached hydrogens (primary N) is 1. The molecule has 224 valence electrons. The van der Waals surface area contributed by atoms with Crippen LogP contribution in [-0.4, -0.2) is 80.0 Å². The lowest BCUT2D eigenvalue weighted by atomic mass is 10.0. The van der Waals surface area contributed by atoms with Crippen LogP contribution < -0.4 is 21.7 Å². The lowest BCUT2D eigenvalue weighted by Gasteiger charge is -2.25. The summed E-state index contributed by atoms with van der Waals surface area (Å²) in [4.78, 5) is 58.7. The van der Waals surface area contributed by atoms with E-state index in [0.29, 0.717) is 23.4 Å². The number of aromatic hydroxyl groups is 1. The Balaban J connectivity index is 1.80. The normalized spacial score (nSPS) is 13.8. The highest BCUT2D eigenvalue weighted by atomic mass is 32.2. The summed E-state index contributed by atoms with van der Waals surface area (Å²) in [6, 6.07) is 10.6. The molecule has 0 radical (unpaired) electrons. The average Bonchev–Trinajstić information content (AvgIpc) is 3.49. The number of nitrogens with one attached hydrogen (secondary N) is 4. The molecule has 12 nitrogen and oxygen atoms in total. The minimum atomic E-state index is -1.30. The van der Waals surface area contributed by atoms with Crippen LogP contribution in [0, 0.1) is 0 Å². The van der Waals surface area contributed by atoms with Gasteiger partial charge in [0, 0.05) is 31.2 Å². The summed E-state index contributed by atoms with van der Waals surface area (Å²) >= 11 is 1.55. The van der Waals surface area contributed by atoms with E-state index in [1.165, 1.54) is 24.7 Å². The lowest BCUT2D eigenvalue weighted by molar-refractivity contribution is -0.142. The maximum absolute atomic E-state index is 13.6. The van der Waals surface area contributed by atoms with Gasteiger partial charge in [-0.15, -0.1) is 0 Å². The van der Waals surface area contributed by atoms with Crippen molar-refractivity contribution >= 4 is 35.5 Å². The number of carboxylic acid groups (broad SMARTS) is 1. The highest BCUT2D eigenvalue weighted by Crippen LogP contribution is 2.12. The minimum Gasteiger partial charge on any atom is -0.508 e. The molecule has 0 aliphatic carbocycles. The van der Waals surface area contributed by atoms with Crippen molar-refractivity contribution in [2.24, 2.45) is 5.73 Å². The second kappa shape index (κ2) is 16.2. The zero-order valence-corrected chi connectivity index (χ0v) is 24.0. The van der Waals surface area contributed by atoms with Crippen molar-refractivity contribution in [2.75, 3.05) is 12.0 Å². The summed E-state index contributed by atoms with van der Waals surface area (Å²) in [6.07, 6.45) is 5.38. The van der Waals surface area contributed by atoms with E-state index in [-0.39, 0.29) is 25.0 Å². The van der Waals surface area contributed by atoms with Crippen LogP contribution in [-0.2, 0) is 38.4 Å². The summed E-state index contributed by atoms with van der Waals surface area (Å²) in [5.74, 6) is -2.42. The molecule has 1 aromatic heterocycles. The predicted molar refractivity (Wildman–Crippen MR) is 159 cm³/mol. The van der Waals surface area contributed by atoms with Gasteiger partial charge in [-0.25, -0.2) is 9.78 Å². The summed E-state index contributed by atoms with van der Waals surface area (Å²) in [5, 5.41) is 27.3. The number of carboxylic acids is 1. The number of aromatic nitrogens is 2. The molecule has 13 heteroatoms. The second-order valence-electron chi connectivity index (χ2n) is 9.75. The third kappa shape index (κ3) is 10.2. The van der Waals surface area contributed by atoms with Gasteiger partial charge in [-0.2, -0.15) is 11.8 Å². The molecule has 0 aliphatic heterocycles. The number of hydrogen-bond acceptors (Lipinski definition) is 8. The Kier molecular flexibility index (Phi) is 12.4. The van der Waals surface area contributed by atoms with Crippen LogP contribution in [0.5, 0.6) is 5.75 Å². The number of carbonyl (C=O) groups is 4. The molecule has 0 saturated carbocycles. The number of aromatic amines is 1. The van der Waals surface area contributed by atoms with Crippen LogP contribution in [0.3, 0.4) is 0 Å². The molecular formula is C29H36N6O6S. The first-order valence-corrected chi connectivity index (χ1v) is 14.7. The maximum Gasteiger partial charge on any atom is 0.326 e. The number of phenols is 1. The zero-order chi connectivity index (χ0) is 30.5. The molecule has 2 aromatic carbocycles. The van der Waals surface area contributed by atoms with Gasteiger partial charge in [-0.1, -0.05) is 42.5 Å². The number of thioether (sulfide) groups is 1. The number of imidazole rings is 1. The molecule has 42 heavy (non-hydrogen) atoms. The number of amides is 3. The van der Waals surface area contributed by atoms with Crippen molar-refractivity contribution in [1.29, 1.82) is 0 Å². The molecule has 3 amide bonds. The van der Waals surface area contributed by atoms with E-state index in [1.54, 1.807) is 48.2 Å². The monoisotopic (exact) mass is 596 g/mol. The van der Waals surface area contributed by atoms with Crippen molar-refractivity contribution < 1.29 is 29.4 Å². The quantitative estimate of drug-likeness (QED) is 0.125. The molecular weight excluding hydrogens is 560 g/mol. The van der Waals surface area contributed by atoms with Crippen molar-refractivity contribution in [1.82, 2.24) is 25.9 Å². The highest BCUT2D eigenvalue weighted by Gasteiger charge is 2.31. The van der Waals surface area contributed by atoms with Gasteiger partial charge in [0.25, 0.3) is 0 Å². The first-order valence-electron chi connectivity index (χ1n) is 13.3. The summed E-state index contributed by atoms with van der Waals surface area (Å²) < 4.78 is 0. The fourth-order valence-electron chi connectivity index (χ4n) is 4.15. The molecule has 0 aliphatic rings. The Morgan fingerprint density at radius 2 is 1.43 bits per heavy atom. The fourth-order valence-corrected chi connectivity index (χ4v) is 4.64. The van der Waals surface area contributed by atoms with Crippen LogP contribution in [0.25, 0.3) is 0 Å². The number of phenolic OH excluding ortho intramolecular Hbond substituents is 1. The SMILES string of the molecule is CSCCC(N)C(=O)NC(Cc1cnc[nH]1)C(=O)NC(Cc1ccccc1)C(=O)NC(Cc1ccc(O)cc1)C(=O)O. The molecule has 8 N–H and O–H groups in total. The van der Waals surface area contributed by atoms with E-state index in [2.05, 4.69) is 25.9 Å². The van der Waals surface area contributed by atoms with Gasteiger partial charge in [0.1, 0.15) is 23.9 Å². The highest BCUT2D eigenvalue weighted by molar-refractivity contribution is 7.98. The molecule has 0 spiro atoms. The molecule has 0 bridgehead atoms. The van der Waals surface area contributed by atoms with Crippen molar-refractivity contribution in [3.8, 4) is 5.75 Å². The summed E-state index contributed by atoms with van der Waals surface area (Å²) in [5.41, 5.74) is 7.92. The third-order valence-electron chi connectivity index (χ3n) is 6.49. The predicted octanol–water partition coefficient (Wildman–Crippen LogP) is 0.763. The van der Waals surface area contributed by atoms with Gasteiger partial charge < -0.3 is 36.9 Å². The average molecular weight is 597 g/mol. The van der Waals surface area contributed by atoms with Crippen LogP contribution in [0.15, 0.2) is 67.1 Å². The second-order valence-corrected chi connectivity index (χ2v) is 10.7. The first-order chi connectivity index (χ1) is 20.2. The molecule has 4 atom stereocenters. The van der Waals surface area contributed by atoms with E-state index in [0.717, 1.165) is 5.56 Å². The standard InChI is InChI=1S/C29H36N6O6S/c1-42-12-11-22(30)26(37)33-24(15-20-16-31-17-32-20)28(39)34-23(13-18-5-3-2-4-6-18)27(38)35-25(29(40)41)14-19-7-9-21(36)10-8-19/h2-10,16-17,22-25,36H,11-15,30H2,1H3,(H,31,32)(H,33,37)(H,34,39)(H,35,38)(H,40,41). The van der Waals surface area contributed by atoms with E-state index in [4.69, 9.17) is 5.73 Å². The Morgan fingerprint density at radius 1 is 0.857 bits per heavy atom. The third-order valence-corrected chi connectivity index (χ3v) is 7.13. The maximum atomic E-state index is 13.6. The van der Waals surface area contributed by atoms with E-state index >= 15 is 0 Å². The zero-order valence-electron chi connectivity index (χ0n) is 23.2. The van der Waals surface area contributed by atoms with Gasteiger partial charge in [0.05, 0.1) is 12.4 Å². The van der Waals surface area contributed by atoms with Gasteiger partial charge in [-0.3, -0.25) is 14.4 Å². The number of H-pyrrole nitrogens is 1. The number of benzene rings is 2. The topological polar surface area (TPSA) is 200 Å². The van der Waals surface area contributed by atoms with Gasteiger partial charge in [0.2, 0.25) is 17.7 Å². The molecule has 0 fully saturated rings. The molecule has 3 rings (SSSR count). The van der Waals surface area contributed by atoms with E-state index in [9.17, 15) is 29.4 Å². The number of carbonyl (C=O) groups excluding carboxylic acids is 3. The Morgan fingerprint density at radius 3 is 2.02 bits per heavy atom. The Hall–Kier alpha value is -4.36. The van der Waals surface area contributed by atoms with Crippen molar-refractivity contribution in [2.45, 2.75) is 49.9 Å². The van der Waals surface area contributed by atoms with E-state index in [1.807, 2.05) is 12.3 Å². The van der Waals surface area contributed by atoms with Crippen LogP contribution >= 0.6 is 11.8 Å². The first kappa shape index (κ1) is 32.2. The number of hydrogen-bond donors (Lipinski definition) is 7. The van der Waals surface area contributed by atoms with Crippen LogP contribution in [0.4, 0.5) is 0 Å². The Labute approximate surface area is 247 Å². The number of nitrogens with zero attached hydrogens (tertiary/aromatic N) is 1. The fraction of sp³-hybridized carbons (Fsp3) is 0.345. The van der Waals surface area contributed by atoms with Gasteiger partial charge >= 0.3 is 5.97 Å². The molecule has 3 aromatic rings. The Bertz CT molecular complexity index is 1310. The molecule has 1 heterocycles.